The maximum atomic E-state index is 14.0. The molecule has 1 atom stereocenters. The van der Waals surface area contributed by atoms with Crippen molar-refractivity contribution in [3.05, 3.63) is 77.4 Å². The second kappa shape index (κ2) is 11.5. The fourth-order valence-electron chi connectivity index (χ4n) is 6.22. The first-order valence-corrected chi connectivity index (χ1v) is 14.8. The molecule has 5 heterocycles. The highest BCUT2D eigenvalue weighted by Gasteiger charge is 2.31. The van der Waals surface area contributed by atoms with Crippen LogP contribution in [0.15, 0.2) is 71.7 Å². The molecule has 2 N–H and O–H groups in total. The number of benzene rings is 2. The van der Waals surface area contributed by atoms with Gasteiger partial charge in [0, 0.05) is 38.0 Å². The Morgan fingerprint density at radius 1 is 1.00 bits per heavy atom. The number of ether oxygens (including phenoxy) is 3. The molecule has 0 radical (unpaired) electrons. The van der Waals surface area contributed by atoms with Gasteiger partial charge < -0.3 is 24.8 Å². The number of fused-ring (bicyclic) bond motifs is 2. The molecule has 4 aromatic rings. The van der Waals surface area contributed by atoms with Gasteiger partial charge >= 0.3 is 5.69 Å². The third-order valence-corrected chi connectivity index (χ3v) is 8.40. The van der Waals surface area contributed by atoms with E-state index in [1.54, 1.807) is 45.7 Å². The highest BCUT2D eigenvalue weighted by Crippen LogP contribution is 2.37. The third-order valence-electron chi connectivity index (χ3n) is 8.40. The molecule has 0 saturated carbocycles. The number of nitrogen functional groups attached to an aromatic ring is 1. The van der Waals surface area contributed by atoms with Gasteiger partial charge in [0.25, 0.3) is 0 Å². The predicted molar refractivity (Wildman–Crippen MR) is 162 cm³/mol. The number of aromatic nitrogens is 3. The van der Waals surface area contributed by atoms with Gasteiger partial charge in [-0.1, -0.05) is 12.5 Å². The Balaban J connectivity index is 1.11. The first kappa shape index (κ1) is 27.1. The molecule has 0 unspecified atom stereocenters. The minimum atomic E-state index is -0.223. The number of amides is 1. The van der Waals surface area contributed by atoms with Crippen molar-refractivity contribution in [1.82, 2.24) is 23.9 Å². The van der Waals surface area contributed by atoms with E-state index in [1.807, 2.05) is 35.2 Å². The lowest BCUT2D eigenvalue weighted by atomic mass is 10.1. The summed E-state index contributed by atoms with van der Waals surface area (Å²) in [4.78, 5) is 35.5. The molecular formula is C32H34N6O5. The van der Waals surface area contributed by atoms with Crippen LogP contribution < -0.4 is 25.6 Å². The van der Waals surface area contributed by atoms with Crippen LogP contribution in [0.1, 0.15) is 31.7 Å². The van der Waals surface area contributed by atoms with Crippen LogP contribution in [-0.4, -0.2) is 69.3 Å². The van der Waals surface area contributed by atoms with E-state index in [9.17, 15) is 9.59 Å². The van der Waals surface area contributed by atoms with Gasteiger partial charge in [0.2, 0.25) is 12.7 Å². The highest BCUT2D eigenvalue weighted by atomic mass is 16.7. The molecule has 222 valence electrons. The average Bonchev–Trinajstić information content (AvgIpc) is 3.76. The maximum absolute atomic E-state index is 14.0. The highest BCUT2D eigenvalue weighted by molar-refractivity contribution is 5.88. The summed E-state index contributed by atoms with van der Waals surface area (Å²) in [5.41, 5.74) is 7.99. The molecule has 11 heteroatoms. The van der Waals surface area contributed by atoms with E-state index in [2.05, 4.69) is 9.88 Å². The van der Waals surface area contributed by atoms with Gasteiger partial charge in [0.1, 0.15) is 22.8 Å². The molecule has 2 aromatic carbocycles. The van der Waals surface area contributed by atoms with Crippen molar-refractivity contribution in [3.63, 3.8) is 0 Å². The van der Waals surface area contributed by atoms with E-state index < -0.39 is 0 Å². The average molecular weight is 583 g/mol. The molecule has 0 aliphatic carbocycles. The number of nitrogens with zero attached hydrogens (tertiary/aromatic N) is 5. The van der Waals surface area contributed by atoms with Crippen LogP contribution in [0, 0.1) is 0 Å². The van der Waals surface area contributed by atoms with Crippen molar-refractivity contribution in [1.29, 1.82) is 0 Å². The summed E-state index contributed by atoms with van der Waals surface area (Å²) < 4.78 is 20.2. The Morgan fingerprint density at radius 2 is 1.79 bits per heavy atom. The quantitative estimate of drug-likeness (QED) is 0.324. The van der Waals surface area contributed by atoms with Crippen molar-refractivity contribution >= 4 is 22.8 Å². The maximum Gasteiger partial charge on any atom is 0.334 e. The lowest BCUT2D eigenvalue weighted by molar-refractivity contribution is -0.125. The molecular weight excluding hydrogens is 548 g/mol. The number of nitrogens with two attached hydrogens (primary N) is 1. The number of anilines is 1. The molecule has 0 bridgehead atoms. The van der Waals surface area contributed by atoms with Crippen molar-refractivity contribution in [2.24, 2.45) is 0 Å². The van der Waals surface area contributed by atoms with E-state index in [0.717, 1.165) is 19.6 Å². The van der Waals surface area contributed by atoms with Gasteiger partial charge in [0.15, 0.2) is 11.5 Å². The van der Waals surface area contributed by atoms with E-state index in [4.69, 9.17) is 19.9 Å². The largest absolute Gasteiger partial charge is 0.457 e. The molecule has 2 saturated heterocycles. The summed E-state index contributed by atoms with van der Waals surface area (Å²) in [6.45, 7) is 4.21. The van der Waals surface area contributed by atoms with Crippen LogP contribution in [0.3, 0.4) is 0 Å². The third kappa shape index (κ3) is 5.32. The van der Waals surface area contributed by atoms with E-state index in [-0.39, 0.29) is 30.2 Å². The first-order chi connectivity index (χ1) is 21.0. The Kier molecular flexibility index (Phi) is 7.23. The van der Waals surface area contributed by atoms with Gasteiger partial charge in [-0.05, 0) is 74.8 Å². The topological polar surface area (TPSA) is 117 Å². The molecule has 2 aromatic heterocycles. The van der Waals surface area contributed by atoms with E-state index in [1.165, 1.54) is 19.3 Å². The molecule has 43 heavy (non-hydrogen) atoms. The number of hydrogen-bond donors (Lipinski definition) is 1. The molecule has 2 fully saturated rings. The second-order valence-electron chi connectivity index (χ2n) is 11.2. The van der Waals surface area contributed by atoms with Crippen LogP contribution in [0.2, 0.25) is 0 Å². The number of pyridine rings is 1. The van der Waals surface area contributed by atoms with Gasteiger partial charge in [-0.15, -0.1) is 0 Å². The van der Waals surface area contributed by atoms with Crippen molar-refractivity contribution in [2.45, 2.75) is 31.7 Å². The predicted octanol–water partition coefficient (Wildman–Crippen LogP) is 4.11. The standard InChI is InChI=1S/C32H34N6O5/c33-31-30-26(12-14-34-31)37(23-13-18-36(20-23)29(39)5-4-17-35-15-2-1-3-16-35)32(40)38(30)22-6-8-24(9-7-22)43-25-10-11-27-28(19-25)42-21-41-27/h4-12,14,19,23H,1-3,13,15-18,20-21H2,(H2,33,34)/b5-4+/t23-/m1/s1. The zero-order valence-electron chi connectivity index (χ0n) is 23.9. The summed E-state index contributed by atoms with van der Waals surface area (Å²) in [7, 11) is 0. The smallest absolute Gasteiger partial charge is 0.334 e. The van der Waals surface area contributed by atoms with Crippen LogP contribution in [-0.2, 0) is 4.79 Å². The van der Waals surface area contributed by atoms with Gasteiger partial charge in [-0.3, -0.25) is 18.8 Å². The number of hydrogen-bond acceptors (Lipinski definition) is 8. The van der Waals surface area contributed by atoms with Crippen LogP contribution in [0.4, 0.5) is 5.82 Å². The lowest BCUT2D eigenvalue weighted by Gasteiger charge is -2.24. The molecule has 3 aliphatic rings. The molecule has 0 spiro atoms. The summed E-state index contributed by atoms with van der Waals surface area (Å²) in [6.07, 6.45) is 9.65. The van der Waals surface area contributed by atoms with Gasteiger partial charge in [-0.25, -0.2) is 9.78 Å². The normalized spacial score (nSPS) is 18.6. The number of carbonyl (C=O) groups is 1. The summed E-state index contributed by atoms with van der Waals surface area (Å²) in [5, 5.41) is 0. The number of imidazole rings is 1. The SMILES string of the molecule is Nc1nccc2c1n(-c1ccc(Oc3ccc4c(c3)OCO4)cc1)c(=O)n2[C@@H]1CCN(C(=O)/C=C/CN2CCCCC2)C1. The van der Waals surface area contributed by atoms with Crippen molar-refractivity contribution in [3.8, 4) is 28.7 Å². The molecule has 7 rings (SSSR count). The first-order valence-electron chi connectivity index (χ1n) is 14.8. The summed E-state index contributed by atoms with van der Waals surface area (Å²) >= 11 is 0. The number of rotatable bonds is 7. The van der Waals surface area contributed by atoms with Gasteiger partial charge in [-0.2, -0.15) is 0 Å². The van der Waals surface area contributed by atoms with Gasteiger partial charge in [0.05, 0.1) is 17.2 Å². The van der Waals surface area contributed by atoms with E-state index in [0.29, 0.717) is 59.2 Å². The summed E-state index contributed by atoms with van der Waals surface area (Å²) in [5.74, 6) is 2.78. The van der Waals surface area contributed by atoms with Crippen LogP contribution >= 0.6 is 0 Å². The Bertz CT molecular complexity index is 1740. The fraction of sp³-hybridized carbons (Fsp3) is 0.344. The second-order valence-corrected chi connectivity index (χ2v) is 11.2. The number of likely N-dealkylation sites (tertiary alicyclic amines) is 2. The Morgan fingerprint density at radius 3 is 2.63 bits per heavy atom. The summed E-state index contributed by atoms with van der Waals surface area (Å²) in [6, 6.07) is 14.3. The molecule has 11 nitrogen and oxygen atoms in total. The monoisotopic (exact) mass is 582 g/mol. The zero-order chi connectivity index (χ0) is 29.3. The minimum Gasteiger partial charge on any atom is -0.457 e. The zero-order valence-corrected chi connectivity index (χ0v) is 23.9. The van der Waals surface area contributed by atoms with E-state index >= 15 is 0 Å². The Hall–Kier alpha value is -4.77. The van der Waals surface area contributed by atoms with Crippen LogP contribution in [0.25, 0.3) is 16.7 Å². The Labute approximate surface area is 248 Å². The van der Waals surface area contributed by atoms with Crippen LogP contribution in [0.5, 0.6) is 23.0 Å². The number of piperidine rings is 1. The molecule has 1 amide bonds. The van der Waals surface area contributed by atoms with Crippen molar-refractivity contribution < 1.29 is 19.0 Å². The minimum absolute atomic E-state index is 0.0180. The lowest BCUT2D eigenvalue weighted by Crippen LogP contribution is -2.32. The fourth-order valence-corrected chi connectivity index (χ4v) is 6.22. The number of carbonyl (C=O) groups excluding carboxylic acids is 1. The van der Waals surface area contributed by atoms with Crippen molar-refractivity contribution in [2.75, 3.05) is 45.3 Å². The molecule has 3 aliphatic heterocycles.